The molecule has 1 aromatic carbocycles. The van der Waals surface area contributed by atoms with Crippen LogP contribution in [0.1, 0.15) is 23.0 Å². The molecule has 2 heterocycles. The van der Waals surface area contributed by atoms with Crippen molar-refractivity contribution >= 4 is 5.91 Å². The Kier molecular flexibility index (Phi) is 5.94. The van der Waals surface area contributed by atoms with Gasteiger partial charge in [0, 0.05) is 5.56 Å². The van der Waals surface area contributed by atoms with Gasteiger partial charge < -0.3 is 24.9 Å². The smallest absolute Gasteiger partial charge is 0.431 e. The van der Waals surface area contributed by atoms with Crippen molar-refractivity contribution in [2.75, 3.05) is 19.8 Å². The van der Waals surface area contributed by atoms with Crippen molar-refractivity contribution in [1.82, 2.24) is 4.98 Å². The quantitative estimate of drug-likeness (QED) is 0.785. The van der Waals surface area contributed by atoms with Gasteiger partial charge in [-0.25, -0.2) is 0 Å². The molecule has 3 rings (SSSR count). The molecule has 2 atom stereocenters. The van der Waals surface area contributed by atoms with Crippen molar-refractivity contribution in [2.45, 2.75) is 25.3 Å². The molecular weight excluding hydrogens is 393 g/mol. The second-order valence-electron chi connectivity index (χ2n) is 6.60. The zero-order chi connectivity index (χ0) is 21.2. The van der Waals surface area contributed by atoms with Gasteiger partial charge in [-0.2, -0.15) is 13.2 Å². The van der Waals surface area contributed by atoms with Gasteiger partial charge in [-0.3, -0.25) is 9.59 Å². The number of H-pyrrole nitrogens is 1. The average molecular weight is 412 g/mol. The van der Waals surface area contributed by atoms with Crippen LogP contribution >= 0.6 is 0 Å². The first kappa shape index (κ1) is 20.9. The van der Waals surface area contributed by atoms with E-state index in [-0.39, 0.29) is 29.9 Å². The third kappa shape index (κ3) is 4.96. The van der Waals surface area contributed by atoms with Gasteiger partial charge in [0.25, 0.3) is 11.5 Å². The summed E-state index contributed by atoms with van der Waals surface area (Å²) in [5.41, 5.74) is 1.83. The Bertz CT molecular complexity index is 940. The van der Waals surface area contributed by atoms with Crippen molar-refractivity contribution in [1.29, 1.82) is 0 Å². The Morgan fingerprint density at radius 2 is 1.97 bits per heavy atom. The molecule has 0 spiro atoms. The summed E-state index contributed by atoms with van der Waals surface area (Å²) in [6.45, 7) is 3.01. The number of alkyl halides is 3. The molecule has 3 N–H and O–H groups in total. The Balaban J connectivity index is 1.84. The fraction of sp³-hybridized carbons (Fsp3) is 0.368. The number of hydrogen-bond donors (Lipinski definition) is 2. The molecule has 156 valence electrons. The summed E-state index contributed by atoms with van der Waals surface area (Å²) < 4.78 is 56.7. The number of halogens is 3. The van der Waals surface area contributed by atoms with Gasteiger partial charge in [0.05, 0.1) is 19.3 Å². The van der Waals surface area contributed by atoms with E-state index in [1.165, 1.54) is 24.3 Å². The van der Waals surface area contributed by atoms with E-state index in [1.807, 2.05) is 6.92 Å². The topological polar surface area (TPSA) is 104 Å². The van der Waals surface area contributed by atoms with Crippen LogP contribution in [0.2, 0.25) is 0 Å². The summed E-state index contributed by atoms with van der Waals surface area (Å²) in [6.07, 6.45) is -5.11. The highest BCUT2D eigenvalue weighted by molar-refractivity contribution is 5.93. The predicted molar refractivity (Wildman–Crippen MR) is 96.7 cm³/mol. The van der Waals surface area contributed by atoms with Crippen molar-refractivity contribution in [3.8, 4) is 16.9 Å². The van der Waals surface area contributed by atoms with Crippen molar-refractivity contribution < 1.29 is 32.2 Å². The first-order chi connectivity index (χ1) is 13.6. The molecule has 10 heteroatoms. The number of nitrogens with two attached hydrogens (primary N) is 1. The molecule has 0 unspecified atom stereocenters. The summed E-state index contributed by atoms with van der Waals surface area (Å²) >= 11 is 0. The van der Waals surface area contributed by atoms with Crippen molar-refractivity contribution in [3.05, 3.63) is 51.9 Å². The van der Waals surface area contributed by atoms with Crippen LogP contribution in [-0.4, -0.2) is 42.9 Å². The molecule has 1 saturated heterocycles. The zero-order valence-electron chi connectivity index (χ0n) is 15.4. The number of pyridine rings is 1. The van der Waals surface area contributed by atoms with Crippen LogP contribution in [0.5, 0.6) is 5.75 Å². The number of amides is 1. The SMILES string of the molecule is C[C@@H]1COC[C@H](COc2ccc(-c3cc(C(N)=O)c(=O)[nH]c3C(F)(F)F)cc2)O1. The maximum absolute atomic E-state index is 13.3. The number of carbonyl (C=O) groups is 1. The van der Waals surface area contributed by atoms with Gasteiger partial charge in [0.15, 0.2) is 0 Å². The number of nitrogens with one attached hydrogen (secondary N) is 1. The van der Waals surface area contributed by atoms with E-state index in [1.54, 1.807) is 4.98 Å². The molecule has 0 bridgehead atoms. The summed E-state index contributed by atoms with van der Waals surface area (Å²) in [7, 11) is 0. The number of primary amides is 1. The molecule has 2 aromatic rings. The Labute approximate surface area is 163 Å². The maximum Gasteiger partial charge on any atom is 0.431 e. The van der Waals surface area contributed by atoms with E-state index in [0.717, 1.165) is 6.07 Å². The number of hydrogen-bond acceptors (Lipinski definition) is 5. The van der Waals surface area contributed by atoms with Gasteiger partial charge in [0.2, 0.25) is 0 Å². The molecule has 1 fully saturated rings. The highest BCUT2D eigenvalue weighted by Crippen LogP contribution is 2.35. The lowest BCUT2D eigenvalue weighted by Crippen LogP contribution is -2.38. The van der Waals surface area contributed by atoms with Crippen LogP contribution in [0.3, 0.4) is 0 Å². The third-order valence-corrected chi connectivity index (χ3v) is 4.27. The van der Waals surface area contributed by atoms with Gasteiger partial charge in [0.1, 0.15) is 29.7 Å². The molecule has 0 saturated carbocycles. The number of benzene rings is 1. The number of ether oxygens (including phenoxy) is 3. The van der Waals surface area contributed by atoms with E-state index >= 15 is 0 Å². The molecule has 29 heavy (non-hydrogen) atoms. The van der Waals surface area contributed by atoms with E-state index in [2.05, 4.69) is 0 Å². The van der Waals surface area contributed by atoms with Gasteiger partial charge in [-0.15, -0.1) is 0 Å². The Morgan fingerprint density at radius 3 is 2.55 bits per heavy atom. The van der Waals surface area contributed by atoms with Crippen LogP contribution in [0.4, 0.5) is 13.2 Å². The van der Waals surface area contributed by atoms with Crippen molar-refractivity contribution in [3.63, 3.8) is 0 Å². The molecule has 0 aliphatic carbocycles. The number of carbonyl (C=O) groups excluding carboxylic acids is 1. The minimum Gasteiger partial charge on any atom is -0.491 e. The summed E-state index contributed by atoms with van der Waals surface area (Å²) in [5.74, 6) is -0.700. The van der Waals surface area contributed by atoms with Crippen LogP contribution < -0.4 is 16.0 Å². The minimum absolute atomic E-state index is 0.0415. The molecule has 7 nitrogen and oxygen atoms in total. The van der Waals surface area contributed by atoms with Crippen LogP contribution in [-0.2, 0) is 15.7 Å². The summed E-state index contributed by atoms with van der Waals surface area (Å²) in [6, 6.07) is 6.59. The first-order valence-electron chi connectivity index (χ1n) is 8.76. The minimum atomic E-state index is -4.82. The van der Waals surface area contributed by atoms with E-state index in [4.69, 9.17) is 19.9 Å². The van der Waals surface area contributed by atoms with Crippen LogP contribution in [0, 0.1) is 0 Å². The largest absolute Gasteiger partial charge is 0.491 e. The fourth-order valence-electron chi connectivity index (χ4n) is 2.94. The number of aromatic nitrogens is 1. The molecule has 1 aliphatic heterocycles. The lowest BCUT2D eigenvalue weighted by atomic mass is 10.0. The van der Waals surface area contributed by atoms with E-state index in [0.29, 0.717) is 19.0 Å². The maximum atomic E-state index is 13.3. The zero-order valence-corrected chi connectivity index (χ0v) is 15.4. The van der Waals surface area contributed by atoms with E-state index in [9.17, 15) is 22.8 Å². The lowest BCUT2D eigenvalue weighted by Gasteiger charge is -2.27. The lowest BCUT2D eigenvalue weighted by molar-refractivity contribution is -0.140. The molecule has 1 amide bonds. The second kappa shape index (κ2) is 8.26. The van der Waals surface area contributed by atoms with Gasteiger partial charge in [-0.1, -0.05) is 12.1 Å². The average Bonchev–Trinajstić information content (AvgIpc) is 2.66. The molecule has 1 aromatic heterocycles. The summed E-state index contributed by atoms with van der Waals surface area (Å²) in [4.78, 5) is 24.8. The molecule has 1 aliphatic rings. The molecule has 0 radical (unpaired) electrons. The highest BCUT2D eigenvalue weighted by Gasteiger charge is 2.36. The van der Waals surface area contributed by atoms with Crippen LogP contribution in [0.25, 0.3) is 11.1 Å². The first-order valence-corrected chi connectivity index (χ1v) is 8.76. The Morgan fingerprint density at radius 1 is 1.28 bits per heavy atom. The van der Waals surface area contributed by atoms with Gasteiger partial charge in [-0.05, 0) is 30.7 Å². The number of rotatable bonds is 5. The highest BCUT2D eigenvalue weighted by atomic mass is 19.4. The number of aromatic amines is 1. The standard InChI is InChI=1S/C19H19F3N2O5/c1-10-7-27-8-13(29-10)9-28-12-4-2-11(3-5-12)14-6-15(17(23)25)18(26)24-16(14)19(20,21)22/h2-6,10,13H,7-9H2,1H3,(H2,23,25)(H,24,26)/t10-,13-/m1/s1. The second-order valence-corrected chi connectivity index (χ2v) is 6.60. The van der Waals surface area contributed by atoms with E-state index < -0.39 is 28.9 Å². The normalized spacial score (nSPS) is 19.7. The van der Waals surface area contributed by atoms with Crippen LogP contribution in [0.15, 0.2) is 35.1 Å². The summed E-state index contributed by atoms with van der Waals surface area (Å²) in [5, 5.41) is 0. The molecular formula is C19H19F3N2O5. The van der Waals surface area contributed by atoms with Crippen molar-refractivity contribution in [2.24, 2.45) is 5.73 Å². The fourth-order valence-corrected chi connectivity index (χ4v) is 2.94. The monoisotopic (exact) mass is 412 g/mol. The Hall–Kier alpha value is -2.85. The van der Waals surface area contributed by atoms with Gasteiger partial charge >= 0.3 is 6.18 Å². The predicted octanol–water partition coefficient (Wildman–Crippen LogP) is 2.34. The third-order valence-electron chi connectivity index (χ3n) is 4.27.